The standard InChI is InChI=1S/C32H32ClF3N6O3/c1-3-23-18-41(31(44)25-9-8-21(33)15-27(25)32(34,35)36)12-13-42(23)28-10-7-20(24-6-5-11-38-30(24)45-4-2)14-26(28)29(43)39-17-22-16-37-19-40-22/h5-11,14-16,19,23H,3-4,12-13,17-18H2,1-2H3,(H,37,40)(H,39,43)/t23-/m1/s1. The highest BCUT2D eigenvalue weighted by molar-refractivity contribution is 6.30. The van der Waals surface area contributed by atoms with Gasteiger partial charge in [0, 0.05) is 54.3 Å². The number of H-pyrrole nitrogens is 1. The van der Waals surface area contributed by atoms with Crippen molar-refractivity contribution in [2.75, 3.05) is 31.1 Å². The average Bonchev–Trinajstić information content (AvgIpc) is 3.57. The molecular formula is C32H32ClF3N6O3. The van der Waals surface area contributed by atoms with Gasteiger partial charge in [0.15, 0.2) is 0 Å². The number of alkyl halides is 3. The summed E-state index contributed by atoms with van der Waals surface area (Å²) in [5, 5.41) is 2.84. The maximum absolute atomic E-state index is 13.8. The molecule has 0 saturated carbocycles. The fourth-order valence-electron chi connectivity index (χ4n) is 5.46. The van der Waals surface area contributed by atoms with Gasteiger partial charge in [0.25, 0.3) is 11.8 Å². The first kappa shape index (κ1) is 31.8. The third-order valence-electron chi connectivity index (χ3n) is 7.67. The Hall–Kier alpha value is -4.58. The zero-order valence-corrected chi connectivity index (χ0v) is 25.5. The van der Waals surface area contributed by atoms with Crippen molar-refractivity contribution < 1.29 is 27.5 Å². The summed E-state index contributed by atoms with van der Waals surface area (Å²) < 4.78 is 47.1. The summed E-state index contributed by atoms with van der Waals surface area (Å²) in [5.74, 6) is -0.604. The molecule has 1 aliphatic rings. The molecule has 2 N–H and O–H groups in total. The van der Waals surface area contributed by atoms with Crippen LogP contribution in [0.5, 0.6) is 5.88 Å². The number of nitrogens with one attached hydrogen (secondary N) is 2. The van der Waals surface area contributed by atoms with E-state index in [1.54, 1.807) is 24.5 Å². The molecule has 3 heterocycles. The van der Waals surface area contributed by atoms with Crippen LogP contribution < -0.4 is 15.0 Å². The number of pyridine rings is 1. The molecule has 5 rings (SSSR count). The van der Waals surface area contributed by atoms with Gasteiger partial charge in [-0.05, 0) is 61.4 Å². The maximum Gasteiger partial charge on any atom is 0.417 e. The molecule has 2 amide bonds. The molecular weight excluding hydrogens is 609 g/mol. The number of halogens is 4. The predicted octanol–water partition coefficient (Wildman–Crippen LogP) is 6.21. The van der Waals surface area contributed by atoms with Crippen molar-refractivity contribution in [1.29, 1.82) is 0 Å². The number of benzene rings is 2. The fourth-order valence-corrected chi connectivity index (χ4v) is 5.64. The Kier molecular flexibility index (Phi) is 9.62. The average molecular weight is 641 g/mol. The summed E-state index contributed by atoms with van der Waals surface area (Å²) in [7, 11) is 0. The quantitative estimate of drug-likeness (QED) is 0.225. The number of rotatable bonds is 9. The number of ether oxygens (including phenoxy) is 1. The Bertz CT molecular complexity index is 1660. The van der Waals surface area contributed by atoms with Crippen molar-refractivity contribution in [2.45, 2.75) is 39.0 Å². The summed E-state index contributed by atoms with van der Waals surface area (Å²) >= 11 is 5.83. The van der Waals surface area contributed by atoms with Crippen LogP contribution in [0.4, 0.5) is 18.9 Å². The minimum Gasteiger partial charge on any atom is -0.478 e. The van der Waals surface area contributed by atoms with E-state index in [9.17, 15) is 22.8 Å². The van der Waals surface area contributed by atoms with Gasteiger partial charge < -0.3 is 24.8 Å². The van der Waals surface area contributed by atoms with Gasteiger partial charge in [0.1, 0.15) is 0 Å². The lowest BCUT2D eigenvalue weighted by molar-refractivity contribution is -0.138. The summed E-state index contributed by atoms with van der Waals surface area (Å²) in [4.78, 5) is 41.9. The second-order valence-corrected chi connectivity index (χ2v) is 10.9. The molecule has 2 aromatic carbocycles. The molecule has 1 aliphatic heterocycles. The zero-order valence-electron chi connectivity index (χ0n) is 24.7. The van der Waals surface area contributed by atoms with E-state index in [4.69, 9.17) is 16.3 Å². The number of carbonyl (C=O) groups excluding carboxylic acids is 2. The van der Waals surface area contributed by atoms with Gasteiger partial charge in [-0.25, -0.2) is 9.97 Å². The molecule has 0 bridgehead atoms. The number of carbonyl (C=O) groups is 2. The number of hydrogen-bond donors (Lipinski definition) is 2. The fraction of sp³-hybridized carbons (Fsp3) is 0.312. The number of hydrogen-bond acceptors (Lipinski definition) is 6. The molecule has 1 saturated heterocycles. The minimum absolute atomic E-state index is 0.100. The SMILES string of the molecule is CCOc1ncccc1-c1ccc(N2CCN(C(=O)c3ccc(Cl)cc3C(F)(F)F)C[C@H]2CC)c(C(=O)NCc2cnc[nH]2)c1. The van der Waals surface area contributed by atoms with E-state index in [0.29, 0.717) is 36.7 Å². The molecule has 236 valence electrons. The summed E-state index contributed by atoms with van der Waals surface area (Å²) in [6, 6.07) is 12.1. The molecule has 2 aromatic heterocycles. The van der Waals surface area contributed by atoms with Crippen molar-refractivity contribution in [3.05, 3.63) is 94.7 Å². The number of piperazine rings is 1. The van der Waals surface area contributed by atoms with E-state index in [0.717, 1.165) is 29.0 Å². The van der Waals surface area contributed by atoms with E-state index in [2.05, 4.69) is 20.3 Å². The van der Waals surface area contributed by atoms with Gasteiger partial charge >= 0.3 is 6.18 Å². The van der Waals surface area contributed by atoms with Crippen LogP contribution in [0, 0.1) is 0 Å². The number of imidazole rings is 1. The van der Waals surface area contributed by atoms with Gasteiger partial charge in [-0.2, -0.15) is 13.2 Å². The van der Waals surface area contributed by atoms with E-state index in [-0.39, 0.29) is 36.6 Å². The smallest absolute Gasteiger partial charge is 0.417 e. The van der Waals surface area contributed by atoms with Crippen molar-refractivity contribution >= 4 is 29.1 Å². The normalized spacial score (nSPS) is 15.2. The number of aromatic nitrogens is 3. The highest BCUT2D eigenvalue weighted by Gasteiger charge is 2.38. The molecule has 0 spiro atoms. The zero-order chi connectivity index (χ0) is 32.1. The third kappa shape index (κ3) is 7.06. The van der Waals surface area contributed by atoms with Crippen LogP contribution >= 0.6 is 11.6 Å². The first-order valence-electron chi connectivity index (χ1n) is 14.5. The van der Waals surface area contributed by atoms with Crippen LogP contribution in [-0.2, 0) is 12.7 Å². The van der Waals surface area contributed by atoms with Gasteiger partial charge in [-0.3, -0.25) is 9.59 Å². The second-order valence-electron chi connectivity index (χ2n) is 10.5. The number of nitrogens with zero attached hydrogens (tertiary/aromatic N) is 4. The van der Waals surface area contributed by atoms with Gasteiger partial charge in [-0.15, -0.1) is 0 Å². The van der Waals surface area contributed by atoms with Gasteiger partial charge in [-0.1, -0.05) is 24.6 Å². The Morgan fingerprint density at radius 2 is 1.93 bits per heavy atom. The van der Waals surface area contributed by atoms with E-state index in [1.165, 1.54) is 17.3 Å². The second kappa shape index (κ2) is 13.6. The molecule has 0 aliphatic carbocycles. The Morgan fingerprint density at radius 3 is 2.64 bits per heavy atom. The van der Waals surface area contributed by atoms with E-state index < -0.39 is 23.2 Å². The molecule has 4 aromatic rings. The molecule has 45 heavy (non-hydrogen) atoms. The first-order chi connectivity index (χ1) is 21.6. The van der Waals surface area contributed by atoms with Gasteiger partial charge in [0.2, 0.25) is 5.88 Å². The third-order valence-corrected chi connectivity index (χ3v) is 7.90. The van der Waals surface area contributed by atoms with Crippen molar-refractivity contribution in [3.8, 4) is 17.0 Å². The molecule has 0 unspecified atom stereocenters. The van der Waals surface area contributed by atoms with Crippen LogP contribution in [0.1, 0.15) is 52.2 Å². The lowest BCUT2D eigenvalue weighted by Crippen LogP contribution is -2.55. The van der Waals surface area contributed by atoms with E-state index >= 15 is 0 Å². The van der Waals surface area contributed by atoms with Crippen LogP contribution in [0.15, 0.2) is 67.3 Å². The monoisotopic (exact) mass is 640 g/mol. The molecule has 9 nitrogen and oxygen atoms in total. The van der Waals surface area contributed by atoms with Crippen molar-refractivity contribution in [1.82, 2.24) is 25.2 Å². The Balaban J connectivity index is 1.46. The van der Waals surface area contributed by atoms with Crippen LogP contribution in [-0.4, -0.2) is 63.9 Å². The van der Waals surface area contributed by atoms with Gasteiger partial charge in [0.05, 0.1) is 41.9 Å². The minimum atomic E-state index is -4.74. The topological polar surface area (TPSA) is 103 Å². The van der Waals surface area contributed by atoms with E-state index in [1.807, 2.05) is 36.9 Å². The Labute approximate surface area is 263 Å². The van der Waals surface area contributed by atoms with Crippen LogP contribution in [0.2, 0.25) is 5.02 Å². The highest BCUT2D eigenvalue weighted by atomic mass is 35.5. The molecule has 1 atom stereocenters. The number of amides is 2. The highest BCUT2D eigenvalue weighted by Crippen LogP contribution is 2.36. The Morgan fingerprint density at radius 1 is 1.11 bits per heavy atom. The summed E-state index contributed by atoms with van der Waals surface area (Å²) in [6.45, 7) is 5.07. The largest absolute Gasteiger partial charge is 0.478 e. The van der Waals surface area contributed by atoms with Crippen LogP contribution in [0.3, 0.4) is 0 Å². The van der Waals surface area contributed by atoms with Crippen molar-refractivity contribution in [2.24, 2.45) is 0 Å². The number of aromatic amines is 1. The first-order valence-corrected chi connectivity index (χ1v) is 14.9. The molecule has 13 heteroatoms. The molecule has 0 radical (unpaired) electrons. The lowest BCUT2D eigenvalue weighted by Gasteiger charge is -2.43. The number of anilines is 1. The van der Waals surface area contributed by atoms with Crippen LogP contribution in [0.25, 0.3) is 11.1 Å². The predicted molar refractivity (Wildman–Crippen MR) is 164 cm³/mol. The summed E-state index contributed by atoms with van der Waals surface area (Å²) in [5.41, 5.74) is 1.71. The summed E-state index contributed by atoms with van der Waals surface area (Å²) in [6.07, 6.45) is 0.619. The maximum atomic E-state index is 13.8. The van der Waals surface area contributed by atoms with Crippen molar-refractivity contribution in [3.63, 3.8) is 0 Å². The lowest BCUT2D eigenvalue weighted by atomic mass is 9.98. The molecule has 1 fully saturated rings.